The first-order valence-electron chi connectivity index (χ1n) is 6.63. The van der Waals surface area contributed by atoms with Crippen LogP contribution in [0.4, 0.5) is 8.78 Å². The molecule has 0 amide bonds. The second-order valence-corrected chi connectivity index (χ2v) is 5.20. The quantitative estimate of drug-likeness (QED) is 0.769. The molecule has 1 aromatic rings. The maximum Gasteiger partial charge on any atom is 0.163 e. The van der Waals surface area contributed by atoms with Crippen LogP contribution < -0.4 is 5.73 Å². The highest BCUT2D eigenvalue weighted by Crippen LogP contribution is 2.22. The fourth-order valence-corrected chi connectivity index (χ4v) is 2.20. The molecular formula is C15H21F2NO. The maximum atomic E-state index is 13.0. The average Bonchev–Trinajstić information content (AvgIpc) is 2.32. The topological polar surface area (TPSA) is 43.1 Å². The standard InChI is InChI=1S/C15H21F2NO/c1-10(2)11(5-6-18)3-4-15(19)12-7-13(16)9-14(17)8-12/h7-11H,3-6,18H2,1-2H3. The zero-order valence-corrected chi connectivity index (χ0v) is 11.5. The molecule has 4 heteroatoms. The highest BCUT2D eigenvalue weighted by molar-refractivity contribution is 5.96. The Morgan fingerprint density at radius 1 is 1.16 bits per heavy atom. The number of carbonyl (C=O) groups is 1. The zero-order chi connectivity index (χ0) is 14.4. The minimum absolute atomic E-state index is 0.104. The number of hydrogen-bond donors (Lipinski definition) is 1. The van der Waals surface area contributed by atoms with E-state index in [1.54, 1.807) is 0 Å². The van der Waals surface area contributed by atoms with Crippen LogP contribution >= 0.6 is 0 Å². The third kappa shape index (κ3) is 5.07. The summed E-state index contributed by atoms with van der Waals surface area (Å²) in [6, 6.07) is 2.93. The van der Waals surface area contributed by atoms with Crippen LogP contribution in [0, 0.1) is 23.5 Å². The molecular weight excluding hydrogens is 248 g/mol. The third-order valence-electron chi connectivity index (χ3n) is 3.41. The molecule has 0 saturated carbocycles. The van der Waals surface area contributed by atoms with Crippen molar-refractivity contribution >= 4 is 5.78 Å². The molecule has 0 aliphatic carbocycles. The average molecular weight is 269 g/mol. The fraction of sp³-hybridized carbons (Fsp3) is 0.533. The molecule has 1 unspecified atom stereocenters. The van der Waals surface area contributed by atoms with Crippen molar-refractivity contribution in [2.45, 2.75) is 33.1 Å². The molecule has 106 valence electrons. The first-order valence-corrected chi connectivity index (χ1v) is 6.63. The lowest BCUT2D eigenvalue weighted by Crippen LogP contribution is -2.16. The SMILES string of the molecule is CC(C)C(CCN)CCC(=O)c1cc(F)cc(F)c1. The number of hydrogen-bond acceptors (Lipinski definition) is 2. The van der Waals surface area contributed by atoms with Gasteiger partial charge in [-0.1, -0.05) is 13.8 Å². The highest BCUT2D eigenvalue weighted by atomic mass is 19.1. The summed E-state index contributed by atoms with van der Waals surface area (Å²) in [6.07, 6.45) is 1.86. The van der Waals surface area contributed by atoms with Crippen molar-refractivity contribution in [3.63, 3.8) is 0 Å². The molecule has 0 heterocycles. The van der Waals surface area contributed by atoms with Gasteiger partial charge in [0.05, 0.1) is 0 Å². The molecule has 0 aromatic heterocycles. The summed E-state index contributed by atoms with van der Waals surface area (Å²) in [5.41, 5.74) is 5.64. The molecule has 0 fully saturated rings. The van der Waals surface area contributed by atoms with Crippen molar-refractivity contribution in [3.8, 4) is 0 Å². The predicted molar refractivity (Wildman–Crippen MR) is 71.9 cm³/mol. The van der Waals surface area contributed by atoms with Crippen molar-refractivity contribution in [3.05, 3.63) is 35.4 Å². The lowest BCUT2D eigenvalue weighted by molar-refractivity contribution is 0.0968. The summed E-state index contributed by atoms with van der Waals surface area (Å²) in [4.78, 5) is 11.9. The lowest BCUT2D eigenvalue weighted by Gasteiger charge is -2.19. The summed E-state index contributed by atoms with van der Waals surface area (Å²) in [6.45, 7) is 4.77. The summed E-state index contributed by atoms with van der Waals surface area (Å²) in [5.74, 6) is -0.842. The van der Waals surface area contributed by atoms with E-state index < -0.39 is 11.6 Å². The molecule has 1 aromatic carbocycles. The Morgan fingerprint density at radius 2 is 1.74 bits per heavy atom. The van der Waals surface area contributed by atoms with Crippen molar-refractivity contribution in [1.29, 1.82) is 0 Å². The monoisotopic (exact) mass is 269 g/mol. The Bertz CT molecular complexity index is 412. The van der Waals surface area contributed by atoms with Crippen LogP contribution in [-0.4, -0.2) is 12.3 Å². The lowest BCUT2D eigenvalue weighted by atomic mass is 9.87. The summed E-state index contributed by atoms with van der Waals surface area (Å²) in [7, 11) is 0. The minimum atomic E-state index is -0.717. The van der Waals surface area contributed by atoms with Gasteiger partial charge in [0, 0.05) is 18.1 Å². The molecule has 19 heavy (non-hydrogen) atoms. The largest absolute Gasteiger partial charge is 0.330 e. The molecule has 1 atom stereocenters. The van der Waals surface area contributed by atoms with E-state index in [1.807, 2.05) is 0 Å². The number of halogens is 2. The number of benzene rings is 1. The van der Waals surface area contributed by atoms with E-state index in [1.165, 1.54) is 0 Å². The molecule has 0 radical (unpaired) electrons. The number of Topliss-reactive ketones (excluding diaryl/α,β-unsaturated/α-hetero) is 1. The van der Waals surface area contributed by atoms with E-state index >= 15 is 0 Å². The van der Waals surface area contributed by atoms with Gasteiger partial charge in [-0.3, -0.25) is 4.79 Å². The second-order valence-electron chi connectivity index (χ2n) is 5.20. The van der Waals surface area contributed by atoms with Crippen LogP contribution in [-0.2, 0) is 0 Å². The summed E-state index contributed by atoms with van der Waals surface area (Å²) >= 11 is 0. The highest BCUT2D eigenvalue weighted by Gasteiger charge is 2.16. The van der Waals surface area contributed by atoms with Crippen LogP contribution in [0.25, 0.3) is 0 Å². The molecule has 0 aliphatic heterocycles. The summed E-state index contributed by atoms with van der Waals surface area (Å²) < 4.78 is 26.1. The number of carbonyl (C=O) groups excluding carboxylic acids is 1. The number of ketones is 1. The second kappa shape index (κ2) is 7.34. The van der Waals surface area contributed by atoms with Gasteiger partial charge < -0.3 is 5.73 Å². The molecule has 2 N–H and O–H groups in total. The first-order chi connectivity index (χ1) is 8.93. The van der Waals surface area contributed by atoms with E-state index in [-0.39, 0.29) is 11.3 Å². The van der Waals surface area contributed by atoms with Crippen LogP contribution in [0.3, 0.4) is 0 Å². The van der Waals surface area contributed by atoms with Gasteiger partial charge in [0.25, 0.3) is 0 Å². The van der Waals surface area contributed by atoms with Crippen molar-refractivity contribution in [2.24, 2.45) is 17.6 Å². The summed E-state index contributed by atoms with van der Waals surface area (Å²) in [5, 5.41) is 0. The first kappa shape index (κ1) is 15.8. The Labute approximate surface area is 113 Å². The van der Waals surface area contributed by atoms with E-state index in [4.69, 9.17) is 5.73 Å². The van der Waals surface area contributed by atoms with Crippen LogP contribution in [0.2, 0.25) is 0 Å². The van der Waals surface area contributed by atoms with Crippen molar-refractivity contribution < 1.29 is 13.6 Å². The van der Waals surface area contributed by atoms with E-state index in [0.717, 1.165) is 24.6 Å². The van der Waals surface area contributed by atoms with E-state index in [2.05, 4.69) is 13.8 Å². The van der Waals surface area contributed by atoms with Crippen LogP contribution in [0.5, 0.6) is 0 Å². The Morgan fingerprint density at radius 3 is 2.21 bits per heavy atom. The minimum Gasteiger partial charge on any atom is -0.330 e. The third-order valence-corrected chi connectivity index (χ3v) is 3.41. The molecule has 0 saturated heterocycles. The van der Waals surface area contributed by atoms with Crippen LogP contribution in [0.1, 0.15) is 43.5 Å². The van der Waals surface area contributed by atoms with Gasteiger partial charge >= 0.3 is 0 Å². The molecule has 0 aliphatic rings. The smallest absolute Gasteiger partial charge is 0.163 e. The zero-order valence-electron chi connectivity index (χ0n) is 11.5. The fourth-order valence-electron chi connectivity index (χ4n) is 2.20. The van der Waals surface area contributed by atoms with Gasteiger partial charge in [-0.2, -0.15) is 0 Å². The Hall–Kier alpha value is -1.29. The Kier molecular flexibility index (Phi) is 6.09. The molecule has 1 rings (SSSR count). The number of nitrogens with two attached hydrogens (primary N) is 1. The molecule has 0 bridgehead atoms. The van der Waals surface area contributed by atoms with Gasteiger partial charge in [0.15, 0.2) is 5.78 Å². The van der Waals surface area contributed by atoms with Gasteiger partial charge in [-0.15, -0.1) is 0 Å². The van der Waals surface area contributed by atoms with Gasteiger partial charge in [0.2, 0.25) is 0 Å². The molecule has 2 nitrogen and oxygen atoms in total. The van der Waals surface area contributed by atoms with Gasteiger partial charge in [-0.05, 0) is 43.4 Å². The van der Waals surface area contributed by atoms with Crippen molar-refractivity contribution in [2.75, 3.05) is 6.54 Å². The van der Waals surface area contributed by atoms with Crippen LogP contribution in [0.15, 0.2) is 18.2 Å². The van der Waals surface area contributed by atoms with E-state index in [9.17, 15) is 13.6 Å². The maximum absolute atomic E-state index is 13.0. The normalized spacial score (nSPS) is 12.7. The Balaban J connectivity index is 2.63. The molecule has 0 spiro atoms. The van der Waals surface area contributed by atoms with Crippen molar-refractivity contribution in [1.82, 2.24) is 0 Å². The predicted octanol–water partition coefficient (Wildman–Crippen LogP) is 3.55. The number of rotatable bonds is 7. The van der Waals surface area contributed by atoms with Gasteiger partial charge in [-0.25, -0.2) is 8.78 Å². The van der Waals surface area contributed by atoms with Gasteiger partial charge in [0.1, 0.15) is 11.6 Å². The van der Waals surface area contributed by atoms with E-state index in [0.29, 0.717) is 31.2 Å².